The zero-order chi connectivity index (χ0) is 14.4. The molecule has 102 valence electrons. The molecule has 2 nitrogen and oxygen atoms in total. The number of aromatic nitrogens is 2. The molecule has 0 radical (unpaired) electrons. The van der Waals surface area contributed by atoms with Gasteiger partial charge in [0.1, 0.15) is 5.65 Å². The number of aryl methyl sites for hydroxylation is 4. The summed E-state index contributed by atoms with van der Waals surface area (Å²) in [6, 6.07) is 6.54. The monoisotopic (exact) mass is 328 g/mol. The summed E-state index contributed by atoms with van der Waals surface area (Å²) in [5, 5.41) is 0. The Balaban J connectivity index is 2.25. The molecule has 0 saturated carbocycles. The summed E-state index contributed by atoms with van der Waals surface area (Å²) in [4.78, 5) is 4.78. The van der Waals surface area contributed by atoms with Gasteiger partial charge in [-0.3, -0.25) is 0 Å². The van der Waals surface area contributed by atoms with Gasteiger partial charge in [-0.15, -0.1) is 0 Å². The number of hydrogen-bond donors (Lipinski definition) is 0. The van der Waals surface area contributed by atoms with E-state index >= 15 is 0 Å². The van der Waals surface area contributed by atoms with Crippen molar-refractivity contribution in [1.29, 1.82) is 0 Å². The second-order valence-electron chi connectivity index (χ2n) is 5.47. The molecule has 0 unspecified atom stereocenters. The Hall–Kier alpha value is -1.61. The van der Waals surface area contributed by atoms with Crippen molar-refractivity contribution in [1.82, 2.24) is 9.38 Å². The van der Waals surface area contributed by atoms with E-state index in [1.165, 1.54) is 27.8 Å². The Morgan fingerprint density at radius 2 is 1.55 bits per heavy atom. The average molecular weight is 329 g/mol. The summed E-state index contributed by atoms with van der Waals surface area (Å²) in [7, 11) is 0. The predicted octanol–water partition coefficient (Wildman–Crippen LogP) is 5.00. The molecule has 0 aliphatic carbocycles. The van der Waals surface area contributed by atoms with Crippen LogP contribution in [0.4, 0.5) is 0 Å². The lowest BCUT2D eigenvalue weighted by Gasteiger charge is -2.08. The number of pyridine rings is 1. The van der Waals surface area contributed by atoms with Crippen molar-refractivity contribution in [2.75, 3.05) is 0 Å². The molecule has 20 heavy (non-hydrogen) atoms. The van der Waals surface area contributed by atoms with Crippen LogP contribution in [0.3, 0.4) is 0 Å². The van der Waals surface area contributed by atoms with E-state index in [0.29, 0.717) is 0 Å². The van der Waals surface area contributed by atoms with Crippen LogP contribution < -0.4 is 0 Å². The Kier molecular flexibility index (Phi) is 3.17. The highest BCUT2D eigenvalue weighted by molar-refractivity contribution is 9.10. The van der Waals surface area contributed by atoms with Crippen LogP contribution in [0.5, 0.6) is 0 Å². The molecular weight excluding hydrogens is 312 g/mol. The molecule has 0 bridgehead atoms. The third-order valence-electron chi connectivity index (χ3n) is 3.67. The molecule has 3 rings (SSSR count). The highest BCUT2D eigenvalue weighted by Gasteiger charge is 2.11. The summed E-state index contributed by atoms with van der Waals surface area (Å²) in [6.07, 6.45) is 4.17. The third kappa shape index (κ3) is 2.16. The Bertz CT molecular complexity index is 753. The standard InChI is InChI=1S/C17H17BrN2/c1-10-5-12(3)17(13(4)6-10)15-9-20-8-14(18)11(2)7-16(20)19-15/h5-9H,1-4H3. The van der Waals surface area contributed by atoms with E-state index in [0.717, 1.165) is 15.8 Å². The molecule has 2 heterocycles. The van der Waals surface area contributed by atoms with Crippen molar-refractivity contribution in [2.45, 2.75) is 27.7 Å². The zero-order valence-electron chi connectivity index (χ0n) is 12.2. The van der Waals surface area contributed by atoms with Gasteiger partial charge >= 0.3 is 0 Å². The van der Waals surface area contributed by atoms with Gasteiger partial charge in [-0.05, 0) is 66.4 Å². The molecule has 2 aromatic heterocycles. The van der Waals surface area contributed by atoms with E-state index in [4.69, 9.17) is 4.98 Å². The van der Waals surface area contributed by atoms with Crippen LogP contribution >= 0.6 is 15.9 Å². The zero-order valence-corrected chi connectivity index (χ0v) is 13.7. The lowest BCUT2D eigenvalue weighted by atomic mass is 9.98. The first kappa shape index (κ1) is 13.4. The molecule has 3 aromatic rings. The van der Waals surface area contributed by atoms with Crippen LogP contribution in [0.25, 0.3) is 16.9 Å². The summed E-state index contributed by atoms with van der Waals surface area (Å²) in [5.74, 6) is 0. The fourth-order valence-electron chi connectivity index (χ4n) is 2.81. The molecule has 1 aromatic carbocycles. The minimum Gasteiger partial charge on any atom is -0.305 e. The van der Waals surface area contributed by atoms with Gasteiger partial charge in [-0.1, -0.05) is 17.7 Å². The molecular formula is C17H17BrN2. The van der Waals surface area contributed by atoms with Crippen LogP contribution in [-0.2, 0) is 0 Å². The summed E-state index contributed by atoms with van der Waals surface area (Å²) in [5.41, 5.74) is 8.33. The van der Waals surface area contributed by atoms with Crippen molar-refractivity contribution in [3.8, 4) is 11.3 Å². The topological polar surface area (TPSA) is 17.3 Å². The summed E-state index contributed by atoms with van der Waals surface area (Å²) in [6.45, 7) is 8.52. The number of halogens is 1. The van der Waals surface area contributed by atoms with Gasteiger partial charge in [-0.2, -0.15) is 0 Å². The van der Waals surface area contributed by atoms with E-state index in [2.05, 4.69) is 78.6 Å². The maximum absolute atomic E-state index is 4.78. The molecule has 0 aliphatic rings. The maximum Gasteiger partial charge on any atom is 0.137 e. The van der Waals surface area contributed by atoms with Gasteiger partial charge in [-0.25, -0.2) is 4.98 Å². The molecule has 0 atom stereocenters. The Labute approximate surface area is 127 Å². The van der Waals surface area contributed by atoms with Crippen LogP contribution in [0.1, 0.15) is 22.3 Å². The van der Waals surface area contributed by atoms with Crippen molar-refractivity contribution >= 4 is 21.6 Å². The van der Waals surface area contributed by atoms with Crippen molar-refractivity contribution in [3.63, 3.8) is 0 Å². The molecule has 0 N–H and O–H groups in total. The fourth-order valence-corrected chi connectivity index (χ4v) is 3.14. The maximum atomic E-state index is 4.78. The number of nitrogens with zero attached hydrogens (tertiary/aromatic N) is 2. The van der Waals surface area contributed by atoms with Crippen molar-refractivity contribution in [3.05, 3.63) is 57.3 Å². The van der Waals surface area contributed by atoms with Gasteiger partial charge < -0.3 is 4.40 Å². The smallest absolute Gasteiger partial charge is 0.137 e. The lowest BCUT2D eigenvalue weighted by molar-refractivity contribution is 1.15. The van der Waals surface area contributed by atoms with Gasteiger partial charge in [0.2, 0.25) is 0 Å². The highest BCUT2D eigenvalue weighted by atomic mass is 79.9. The molecule has 3 heteroatoms. The van der Waals surface area contributed by atoms with E-state index in [-0.39, 0.29) is 0 Å². The molecule has 0 spiro atoms. The van der Waals surface area contributed by atoms with E-state index in [9.17, 15) is 0 Å². The van der Waals surface area contributed by atoms with Gasteiger partial charge in [0, 0.05) is 22.4 Å². The van der Waals surface area contributed by atoms with Crippen LogP contribution in [0, 0.1) is 27.7 Å². The Morgan fingerprint density at radius 1 is 0.900 bits per heavy atom. The van der Waals surface area contributed by atoms with E-state index < -0.39 is 0 Å². The molecule has 0 saturated heterocycles. The first-order valence-corrected chi connectivity index (χ1v) is 7.48. The number of rotatable bonds is 1. The Morgan fingerprint density at radius 3 is 2.20 bits per heavy atom. The van der Waals surface area contributed by atoms with E-state index in [1.807, 2.05) is 0 Å². The predicted molar refractivity (Wildman–Crippen MR) is 87.3 cm³/mol. The molecule has 0 aliphatic heterocycles. The van der Waals surface area contributed by atoms with Crippen LogP contribution in [0.15, 0.2) is 35.1 Å². The number of fused-ring (bicyclic) bond motifs is 1. The molecule has 0 amide bonds. The highest BCUT2D eigenvalue weighted by Crippen LogP contribution is 2.29. The van der Waals surface area contributed by atoms with Crippen molar-refractivity contribution < 1.29 is 0 Å². The van der Waals surface area contributed by atoms with E-state index in [1.54, 1.807) is 0 Å². The van der Waals surface area contributed by atoms with Gasteiger partial charge in [0.05, 0.1) is 5.69 Å². The van der Waals surface area contributed by atoms with Crippen molar-refractivity contribution in [2.24, 2.45) is 0 Å². The summed E-state index contributed by atoms with van der Waals surface area (Å²) >= 11 is 3.57. The summed E-state index contributed by atoms with van der Waals surface area (Å²) < 4.78 is 3.18. The second-order valence-corrected chi connectivity index (χ2v) is 6.32. The second kappa shape index (κ2) is 4.74. The molecule has 0 fully saturated rings. The van der Waals surface area contributed by atoms with Crippen LogP contribution in [0.2, 0.25) is 0 Å². The van der Waals surface area contributed by atoms with Gasteiger partial charge in [0.15, 0.2) is 0 Å². The first-order chi connectivity index (χ1) is 9.45. The fraction of sp³-hybridized carbons (Fsp3) is 0.235. The first-order valence-electron chi connectivity index (χ1n) is 6.69. The average Bonchev–Trinajstić information content (AvgIpc) is 2.70. The SMILES string of the molecule is Cc1cc(C)c(-c2cn3cc(Br)c(C)cc3n2)c(C)c1. The number of imidazole rings is 1. The number of benzene rings is 1. The third-order valence-corrected chi connectivity index (χ3v) is 4.50. The minimum atomic E-state index is 0.986. The normalized spacial score (nSPS) is 11.2. The largest absolute Gasteiger partial charge is 0.305 e. The number of hydrogen-bond acceptors (Lipinski definition) is 1. The quantitative estimate of drug-likeness (QED) is 0.614. The van der Waals surface area contributed by atoms with Gasteiger partial charge in [0.25, 0.3) is 0 Å². The van der Waals surface area contributed by atoms with Crippen LogP contribution in [-0.4, -0.2) is 9.38 Å². The minimum absolute atomic E-state index is 0.986. The lowest BCUT2D eigenvalue weighted by Crippen LogP contribution is -1.89.